The molecule has 6 heteroatoms. The van der Waals surface area contributed by atoms with E-state index >= 15 is 0 Å². The number of para-hydroxylation sites is 1. The van der Waals surface area contributed by atoms with Gasteiger partial charge in [0.15, 0.2) is 0 Å². The first-order valence-corrected chi connectivity index (χ1v) is 14.9. The third-order valence-corrected chi connectivity index (χ3v) is 12.7. The van der Waals surface area contributed by atoms with Gasteiger partial charge in [-0.1, -0.05) is 37.3 Å². The molecule has 3 aliphatic rings. The van der Waals surface area contributed by atoms with E-state index in [9.17, 15) is 8.76 Å². The Morgan fingerprint density at radius 3 is 2.71 bits per heavy atom. The van der Waals surface area contributed by atoms with Crippen LogP contribution in [0, 0.1) is 11.3 Å². The van der Waals surface area contributed by atoms with E-state index in [-0.39, 0.29) is 5.41 Å². The van der Waals surface area contributed by atoms with Crippen molar-refractivity contribution in [3.05, 3.63) is 54.4 Å². The van der Waals surface area contributed by atoms with E-state index in [2.05, 4.69) is 72.3 Å². The van der Waals surface area contributed by atoms with Crippen molar-refractivity contribution in [2.75, 3.05) is 30.9 Å². The number of benzene rings is 1. The zero-order valence-electron chi connectivity index (χ0n) is 18.8. The van der Waals surface area contributed by atoms with Crippen molar-refractivity contribution in [2.24, 2.45) is 18.4 Å². The molecule has 0 spiro atoms. The highest BCUT2D eigenvalue weighted by molar-refractivity contribution is 8.33. The van der Waals surface area contributed by atoms with Gasteiger partial charge in [0.2, 0.25) is 0 Å². The van der Waals surface area contributed by atoms with Crippen LogP contribution in [0.1, 0.15) is 26.2 Å². The Bertz CT molecular complexity index is 1080. The number of nitrogens with zero attached hydrogens (tertiary/aromatic N) is 2. The summed E-state index contributed by atoms with van der Waals surface area (Å²) < 4.78 is 26.8. The van der Waals surface area contributed by atoms with E-state index in [1.54, 1.807) is 0 Å². The number of aryl methyl sites for hydroxylation is 1. The second-order valence-electron chi connectivity index (χ2n) is 9.92. The number of hydrogen-bond acceptors (Lipinski definition) is 3. The molecule has 5 atom stereocenters. The topological polar surface area (TPSA) is 48.3 Å². The lowest BCUT2D eigenvalue weighted by atomic mass is 9.71. The average Bonchev–Trinajstić information content (AvgIpc) is 3.48. The number of rotatable bonds is 4. The van der Waals surface area contributed by atoms with Gasteiger partial charge in [0.1, 0.15) is 0 Å². The van der Waals surface area contributed by atoms with Crippen LogP contribution in [0.25, 0.3) is 10.9 Å². The van der Waals surface area contributed by atoms with Gasteiger partial charge >= 0.3 is 0 Å². The molecular weight excluding hydrogens is 424 g/mol. The number of hydrogen-bond donors (Lipinski definition) is 0. The van der Waals surface area contributed by atoms with Gasteiger partial charge < -0.3 is 14.0 Å². The van der Waals surface area contributed by atoms with Gasteiger partial charge in [-0.2, -0.15) is 0 Å². The SMILES string of the molecule is Cn1cc(S2(C)CCC(C3(C)C=C(N4CCCC4)C=CC3S(=O)[O-])C2)c2ccccc21. The number of allylic oxidation sites excluding steroid dienone is 2. The van der Waals surface area contributed by atoms with E-state index in [0.29, 0.717) is 5.92 Å². The molecule has 5 rings (SSSR count). The van der Waals surface area contributed by atoms with Crippen molar-refractivity contribution in [2.45, 2.75) is 36.3 Å². The van der Waals surface area contributed by atoms with Gasteiger partial charge in [-0.15, -0.1) is 0 Å². The molecule has 31 heavy (non-hydrogen) atoms. The molecule has 0 bridgehead atoms. The molecule has 5 unspecified atom stereocenters. The summed E-state index contributed by atoms with van der Waals surface area (Å²) in [5.41, 5.74) is 2.17. The zero-order chi connectivity index (χ0) is 21.8. The highest BCUT2D eigenvalue weighted by Crippen LogP contribution is 2.64. The Hall–Kier alpha value is -1.50. The molecule has 0 saturated carbocycles. The van der Waals surface area contributed by atoms with Crippen molar-refractivity contribution < 1.29 is 8.76 Å². The number of aromatic nitrogens is 1. The molecule has 0 radical (unpaired) electrons. The molecule has 0 amide bonds. The van der Waals surface area contributed by atoms with Crippen LogP contribution < -0.4 is 0 Å². The van der Waals surface area contributed by atoms with Gasteiger partial charge in [-0.25, -0.2) is 10.0 Å². The van der Waals surface area contributed by atoms with Crippen molar-refractivity contribution in [3.63, 3.8) is 0 Å². The smallest absolute Gasteiger partial charge is 0.0491 e. The molecule has 2 aliphatic heterocycles. The van der Waals surface area contributed by atoms with E-state index in [0.717, 1.165) is 25.3 Å². The van der Waals surface area contributed by atoms with Gasteiger partial charge in [-0.3, -0.25) is 4.21 Å². The first kappa shape index (κ1) is 21.4. The molecule has 2 saturated heterocycles. The van der Waals surface area contributed by atoms with Gasteiger partial charge in [0, 0.05) is 58.5 Å². The van der Waals surface area contributed by atoms with Crippen LogP contribution in [0.4, 0.5) is 0 Å². The van der Waals surface area contributed by atoms with Crippen LogP contribution in [0.2, 0.25) is 0 Å². The van der Waals surface area contributed by atoms with E-state index < -0.39 is 26.4 Å². The standard InChI is InChI=1S/C25H34N2O2S2/c1-25(16-20(27-13-6-7-14-27)10-11-24(25)30(28)29)19-12-15-31(3,18-19)23-17-26(2)22-9-5-4-8-21(22)23/h4-5,8-11,16-17,19,24H,6-7,12-15,18H2,1-3H3,(H,28,29)/p-1. The van der Waals surface area contributed by atoms with Crippen LogP contribution in [0.3, 0.4) is 0 Å². The third-order valence-electron chi connectivity index (χ3n) is 7.95. The quantitative estimate of drug-likeness (QED) is 0.620. The van der Waals surface area contributed by atoms with E-state index in [4.69, 9.17) is 0 Å². The fraction of sp³-hybridized carbons (Fsp3) is 0.520. The summed E-state index contributed by atoms with van der Waals surface area (Å²) >= 11 is -2.12. The minimum absolute atomic E-state index is 0.353. The molecule has 3 heterocycles. The second kappa shape index (κ2) is 7.82. The lowest BCUT2D eigenvalue weighted by molar-refractivity contribution is 0.271. The minimum atomic E-state index is -2.12. The molecular formula is C25H33N2O2S2-. The largest absolute Gasteiger partial charge is 0.772 e. The van der Waals surface area contributed by atoms with Crippen LogP contribution in [-0.2, 0) is 18.1 Å². The molecule has 4 nitrogen and oxygen atoms in total. The maximum atomic E-state index is 12.3. The summed E-state index contributed by atoms with van der Waals surface area (Å²) in [4.78, 5) is 3.93. The second-order valence-corrected chi connectivity index (χ2v) is 14.7. The number of fused-ring (bicyclic) bond motifs is 1. The average molecular weight is 458 g/mol. The number of likely N-dealkylation sites (tertiary alicyclic amines) is 1. The Kier molecular flexibility index (Phi) is 5.39. The summed E-state index contributed by atoms with van der Waals surface area (Å²) in [5.74, 6) is 2.65. The molecule has 2 fully saturated rings. The predicted molar refractivity (Wildman–Crippen MR) is 131 cm³/mol. The van der Waals surface area contributed by atoms with E-state index in [1.165, 1.54) is 40.1 Å². The molecule has 1 aromatic heterocycles. The molecule has 1 aromatic carbocycles. The molecule has 168 valence electrons. The fourth-order valence-corrected chi connectivity index (χ4v) is 10.8. The Morgan fingerprint density at radius 2 is 1.97 bits per heavy atom. The van der Waals surface area contributed by atoms with Crippen molar-refractivity contribution in [3.8, 4) is 0 Å². The third kappa shape index (κ3) is 3.51. The Balaban J connectivity index is 1.50. The Labute approximate surface area is 190 Å². The first-order valence-electron chi connectivity index (χ1n) is 11.3. The van der Waals surface area contributed by atoms with Crippen LogP contribution in [0.5, 0.6) is 0 Å². The summed E-state index contributed by atoms with van der Waals surface area (Å²) in [6, 6.07) is 8.69. The first-order chi connectivity index (χ1) is 14.8. The normalized spacial score (nSPS) is 36.5. The maximum Gasteiger partial charge on any atom is 0.0491 e. The van der Waals surface area contributed by atoms with Crippen LogP contribution in [-0.4, -0.2) is 54.3 Å². The van der Waals surface area contributed by atoms with Gasteiger partial charge in [-0.05, 0) is 66.2 Å². The van der Waals surface area contributed by atoms with Crippen molar-refractivity contribution in [1.82, 2.24) is 9.47 Å². The fourth-order valence-electron chi connectivity index (χ4n) is 6.04. The minimum Gasteiger partial charge on any atom is -0.772 e. The van der Waals surface area contributed by atoms with Crippen LogP contribution in [0.15, 0.2) is 59.3 Å². The maximum absolute atomic E-state index is 12.3. The molecule has 1 aliphatic carbocycles. The van der Waals surface area contributed by atoms with Gasteiger partial charge in [0.05, 0.1) is 0 Å². The lowest BCUT2D eigenvalue weighted by Crippen LogP contribution is -2.42. The van der Waals surface area contributed by atoms with Crippen molar-refractivity contribution in [1.29, 1.82) is 0 Å². The zero-order valence-corrected chi connectivity index (χ0v) is 20.4. The Morgan fingerprint density at radius 1 is 1.23 bits per heavy atom. The van der Waals surface area contributed by atoms with Gasteiger partial charge in [0.25, 0.3) is 0 Å². The molecule has 0 N–H and O–H groups in total. The summed E-state index contributed by atoms with van der Waals surface area (Å²) in [7, 11) is 1.14. The van der Waals surface area contributed by atoms with Crippen molar-refractivity contribution >= 4 is 32.0 Å². The highest BCUT2D eigenvalue weighted by Gasteiger charge is 2.47. The van der Waals surface area contributed by atoms with E-state index in [1.807, 2.05) is 6.08 Å². The summed E-state index contributed by atoms with van der Waals surface area (Å²) in [6.07, 6.45) is 14.7. The highest BCUT2D eigenvalue weighted by atomic mass is 32.3. The summed E-state index contributed by atoms with van der Waals surface area (Å²) in [6.45, 7) is 4.37. The summed E-state index contributed by atoms with van der Waals surface area (Å²) in [5, 5.41) is 0.923. The monoisotopic (exact) mass is 457 g/mol. The predicted octanol–water partition coefficient (Wildman–Crippen LogP) is 4.80. The van der Waals surface area contributed by atoms with Crippen LogP contribution >= 0.6 is 10.0 Å². The lowest BCUT2D eigenvalue weighted by Gasteiger charge is -2.44. The molecule has 2 aromatic rings.